The molecule has 0 atom stereocenters. The van der Waals surface area contributed by atoms with Crippen molar-refractivity contribution < 1.29 is 8.91 Å². The second-order valence-electron chi connectivity index (χ2n) is 4.20. The SMILES string of the molecule is CN(CCN)Cc1oncc1-c1ccc(F)cc1. The first-order valence-corrected chi connectivity index (χ1v) is 5.79. The number of nitrogens with two attached hydrogens (primary N) is 1. The Morgan fingerprint density at radius 3 is 2.72 bits per heavy atom. The van der Waals surface area contributed by atoms with Gasteiger partial charge in [-0.3, -0.25) is 4.90 Å². The van der Waals surface area contributed by atoms with E-state index in [-0.39, 0.29) is 5.82 Å². The lowest BCUT2D eigenvalue weighted by molar-refractivity contribution is 0.278. The summed E-state index contributed by atoms with van der Waals surface area (Å²) in [5.41, 5.74) is 7.28. The molecule has 2 N–H and O–H groups in total. The predicted octanol–water partition coefficient (Wildman–Crippen LogP) is 1.87. The van der Waals surface area contributed by atoms with Gasteiger partial charge in [0.1, 0.15) is 5.82 Å². The lowest BCUT2D eigenvalue weighted by Gasteiger charge is -2.13. The van der Waals surface area contributed by atoms with Gasteiger partial charge in [0, 0.05) is 18.7 Å². The molecule has 2 aromatic rings. The Morgan fingerprint density at radius 2 is 2.06 bits per heavy atom. The van der Waals surface area contributed by atoms with E-state index in [2.05, 4.69) is 5.16 Å². The Bertz CT molecular complexity index is 495. The summed E-state index contributed by atoms with van der Waals surface area (Å²) in [5.74, 6) is 0.509. The first kappa shape index (κ1) is 12.7. The molecule has 1 heterocycles. The Hall–Kier alpha value is -1.72. The van der Waals surface area contributed by atoms with Crippen LogP contribution in [0.15, 0.2) is 35.0 Å². The van der Waals surface area contributed by atoms with Crippen molar-refractivity contribution in [3.63, 3.8) is 0 Å². The number of nitrogens with zero attached hydrogens (tertiary/aromatic N) is 2. The van der Waals surface area contributed by atoms with Crippen molar-refractivity contribution >= 4 is 0 Å². The van der Waals surface area contributed by atoms with E-state index >= 15 is 0 Å². The Kier molecular flexibility index (Phi) is 4.07. The zero-order valence-corrected chi connectivity index (χ0v) is 10.3. The van der Waals surface area contributed by atoms with Crippen molar-refractivity contribution in [3.8, 4) is 11.1 Å². The summed E-state index contributed by atoms with van der Waals surface area (Å²) in [6, 6.07) is 6.29. The first-order valence-electron chi connectivity index (χ1n) is 5.79. The van der Waals surface area contributed by atoms with Gasteiger partial charge in [-0.1, -0.05) is 17.3 Å². The van der Waals surface area contributed by atoms with E-state index in [4.69, 9.17) is 10.3 Å². The van der Waals surface area contributed by atoms with Crippen molar-refractivity contribution in [3.05, 3.63) is 42.0 Å². The fraction of sp³-hybridized carbons (Fsp3) is 0.308. The number of benzene rings is 1. The highest BCUT2D eigenvalue weighted by Crippen LogP contribution is 2.24. The van der Waals surface area contributed by atoms with E-state index in [0.717, 1.165) is 23.4 Å². The third-order valence-corrected chi connectivity index (χ3v) is 2.72. The van der Waals surface area contributed by atoms with E-state index in [1.165, 1.54) is 12.1 Å². The number of hydrogen-bond acceptors (Lipinski definition) is 4. The molecule has 0 saturated heterocycles. The maximum absolute atomic E-state index is 12.9. The lowest BCUT2D eigenvalue weighted by Crippen LogP contribution is -2.24. The molecule has 0 spiro atoms. The van der Waals surface area contributed by atoms with Crippen LogP contribution in [0.3, 0.4) is 0 Å². The lowest BCUT2D eigenvalue weighted by atomic mass is 10.1. The zero-order chi connectivity index (χ0) is 13.0. The van der Waals surface area contributed by atoms with E-state index in [0.29, 0.717) is 13.1 Å². The highest BCUT2D eigenvalue weighted by molar-refractivity contribution is 5.64. The average Bonchev–Trinajstić information content (AvgIpc) is 2.78. The quantitative estimate of drug-likeness (QED) is 0.879. The van der Waals surface area contributed by atoms with E-state index in [9.17, 15) is 4.39 Å². The molecule has 2 rings (SSSR count). The van der Waals surface area contributed by atoms with Gasteiger partial charge in [-0.05, 0) is 24.7 Å². The molecule has 1 aromatic heterocycles. The summed E-state index contributed by atoms with van der Waals surface area (Å²) in [7, 11) is 1.96. The van der Waals surface area contributed by atoms with Crippen molar-refractivity contribution in [1.29, 1.82) is 0 Å². The highest BCUT2D eigenvalue weighted by atomic mass is 19.1. The van der Waals surface area contributed by atoms with E-state index < -0.39 is 0 Å². The smallest absolute Gasteiger partial charge is 0.158 e. The van der Waals surface area contributed by atoms with Crippen LogP contribution < -0.4 is 5.73 Å². The summed E-state index contributed by atoms with van der Waals surface area (Å²) >= 11 is 0. The highest BCUT2D eigenvalue weighted by Gasteiger charge is 2.12. The molecule has 0 aliphatic rings. The summed E-state index contributed by atoms with van der Waals surface area (Å²) in [4.78, 5) is 2.05. The molecule has 0 saturated carbocycles. The average molecular weight is 249 g/mol. The molecule has 0 amide bonds. The first-order chi connectivity index (χ1) is 8.70. The molecule has 18 heavy (non-hydrogen) atoms. The summed E-state index contributed by atoms with van der Waals surface area (Å²) in [5, 5.41) is 3.81. The Balaban J connectivity index is 2.19. The molecular formula is C13H16FN3O. The molecule has 4 nitrogen and oxygen atoms in total. The maximum Gasteiger partial charge on any atom is 0.158 e. The summed E-state index contributed by atoms with van der Waals surface area (Å²) < 4.78 is 18.1. The van der Waals surface area contributed by atoms with Gasteiger partial charge in [0.15, 0.2) is 5.76 Å². The summed E-state index contributed by atoms with van der Waals surface area (Å²) in [6.45, 7) is 2.00. The minimum Gasteiger partial charge on any atom is -0.359 e. The third kappa shape index (κ3) is 2.94. The van der Waals surface area contributed by atoms with Crippen molar-refractivity contribution in [2.75, 3.05) is 20.1 Å². The number of halogens is 1. The molecule has 0 radical (unpaired) electrons. The normalized spacial score (nSPS) is 11.1. The van der Waals surface area contributed by atoms with Gasteiger partial charge in [-0.25, -0.2) is 4.39 Å². The van der Waals surface area contributed by atoms with E-state index in [1.807, 2.05) is 11.9 Å². The van der Waals surface area contributed by atoms with Gasteiger partial charge >= 0.3 is 0 Å². The molecule has 1 aromatic carbocycles. The number of hydrogen-bond donors (Lipinski definition) is 1. The van der Waals surface area contributed by atoms with Gasteiger partial charge in [-0.15, -0.1) is 0 Å². The van der Waals surface area contributed by atoms with Crippen LogP contribution >= 0.6 is 0 Å². The Morgan fingerprint density at radius 1 is 1.33 bits per heavy atom. The Labute approximate surface area is 105 Å². The van der Waals surface area contributed by atoms with Gasteiger partial charge in [0.2, 0.25) is 0 Å². The van der Waals surface area contributed by atoms with Crippen molar-refractivity contribution in [1.82, 2.24) is 10.1 Å². The van der Waals surface area contributed by atoms with Crippen LogP contribution in [0.5, 0.6) is 0 Å². The molecular weight excluding hydrogens is 233 g/mol. The zero-order valence-electron chi connectivity index (χ0n) is 10.3. The molecule has 0 bridgehead atoms. The van der Waals surface area contributed by atoms with Crippen LogP contribution in [0.2, 0.25) is 0 Å². The fourth-order valence-corrected chi connectivity index (χ4v) is 1.79. The van der Waals surface area contributed by atoms with Crippen LogP contribution in [0.25, 0.3) is 11.1 Å². The monoisotopic (exact) mass is 249 g/mol. The molecule has 96 valence electrons. The molecule has 0 aliphatic carbocycles. The summed E-state index contributed by atoms with van der Waals surface area (Å²) in [6.07, 6.45) is 1.65. The minimum atomic E-state index is -0.253. The third-order valence-electron chi connectivity index (χ3n) is 2.72. The van der Waals surface area contributed by atoms with Gasteiger partial charge in [-0.2, -0.15) is 0 Å². The number of rotatable bonds is 5. The minimum absolute atomic E-state index is 0.253. The van der Waals surface area contributed by atoms with Crippen molar-refractivity contribution in [2.45, 2.75) is 6.54 Å². The van der Waals surface area contributed by atoms with Gasteiger partial charge < -0.3 is 10.3 Å². The molecule has 0 aliphatic heterocycles. The van der Waals surface area contributed by atoms with Crippen LogP contribution in [0.1, 0.15) is 5.76 Å². The van der Waals surface area contributed by atoms with Crippen LogP contribution in [0.4, 0.5) is 4.39 Å². The van der Waals surface area contributed by atoms with E-state index in [1.54, 1.807) is 18.3 Å². The maximum atomic E-state index is 12.9. The number of likely N-dealkylation sites (N-methyl/N-ethyl adjacent to an activating group) is 1. The van der Waals surface area contributed by atoms with Crippen LogP contribution in [0, 0.1) is 5.82 Å². The van der Waals surface area contributed by atoms with Crippen LogP contribution in [-0.4, -0.2) is 30.2 Å². The molecule has 0 fully saturated rings. The standard InChI is InChI=1S/C13H16FN3O/c1-17(7-6-15)9-13-12(8-16-18-13)10-2-4-11(14)5-3-10/h2-5,8H,6-7,9,15H2,1H3. The number of aromatic nitrogens is 1. The largest absolute Gasteiger partial charge is 0.359 e. The van der Waals surface area contributed by atoms with Gasteiger partial charge in [0.05, 0.1) is 12.7 Å². The van der Waals surface area contributed by atoms with Crippen LogP contribution in [-0.2, 0) is 6.54 Å². The second kappa shape index (κ2) is 5.75. The molecule has 0 unspecified atom stereocenters. The molecule has 5 heteroatoms. The fourth-order valence-electron chi connectivity index (χ4n) is 1.79. The predicted molar refractivity (Wildman–Crippen MR) is 67.3 cm³/mol. The van der Waals surface area contributed by atoms with Crippen molar-refractivity contribution in [2.24, 2.45) is 5.73 Å². The second-order valence-corrected chi connectivity index (χ2v) is 4.20. The van der Waals surface area contributed by atoms with Gasteiger partial charge in [0.25, 0.3) is 0 Å². The topological polar surface area (TPSA) is 55.3 Å².